The van der Waals surface area contributed by atoms with Crippen LogP contribution in [0.4, 0.5) is 5.82 Å². The zero-order valence-corrected chi connectivity index (χ0v) is 20.0. The maximum absolute atomic E-state index is 13.0. The largest absolute Gasteiger partial charge is 0.454 e. The van der Waals surface area contributed by atoms with Crippen molar-refractivity contribution in [2.75, 3.05) is 38.3 Å². The van der Waals surface area contributed by atoms with Crippen LogP contribution >= 0.6 is 12.2 Å². The summed E-state index contributed by atoms with van der Waals surface area (Å²) in [5.74, 6) is 2.21. The van der Waals surface area contributed by atoms with Crippen molar-refractivity contribution in [1.29, 1.82) is 0 Å². The fourth-order valence-corrected chi connectivity index (χ4v) is 5.36. The number of benzene rings is 2. The predicted molar refractivity (Wildman–Crippen MR) is 131 cm³/mol. The molecule has 9 nitrogen and oxygen atoms in total. The molecule has 0 spiro atoms. The summed E-state index contributed by atoms with van der Waals surface area (Å²) in [6.45, 7) is 4.37. The topological polar surface area (TPSA) is 90.1 Å². The van der Waals surface area contributed by atoms with Gasteiger partial charge in [0.2, 0.25) is 17.5 Å². The Morgan fingerprint density at radius 1 is 1.14 bits per heavy atom. The molecule has 2 N–H and O–H groups in total. The van der Waals surface area contributed by atoms with Crippen molar-refractivity contribution in [2.24, 2.45) is 0 Å². The number of carbonyl (C=O) groups excluding carboxylic acids is 2. The standard InChI is InChI=1S/C25H25N5O4S/c31-22(29-11-9-28(10-12-29)14-16-5-7-20-21(13-16)34-15-33-20)8-6-19-24(32)30-23(26-19)17-3-1-2-4-18(17)27-25(30)35/h1-5,7,13,19,26H,6,8-12,14-15H2/p+1. The molecule has 1 unspecified atom stereocenters. The van der Waals surface area contributed by atoms with E-state index in [1.165, 1.54) is 15.0 Å². The second-order valence-electron chi connectivity index (χ2n) is 9.16. The highest BCUT2D eigenvalue weighted by Gasteiger charge is 2.33. The van der Waals surface area contributed by atoms with E-state index in [4.69, 9.17) is 21.7 Å². The monoisotopic (exact) mass is 492 g/mol. The third-order valence-corrected chi connectivity index (χ3v) is 7.25. The minimum atomic E-state index is -0.480. The van der Waals surface area contributed by atoms with Crippen LogP contribution in [0.2, 0.25) is 0 Å². The summed E-state index contributed by atoms with van der Waals surface area (Å²) >= 11 is 5.36. The van der Waals surface area contributed by atoms with E-state index >= 15 is 0 Å². The number of fused-ring (bicyclic) bond motifs is 4. The first kappa shape index (κ1) is 22.0. The Hall–Kier alpha value is -3.50. The van der Waals surface area contributed by atoms with Crippen LogP contribution in [0, 0.1) is 4.77 Å². The normalized spacial score (nSPS) is 19.1. The molecule has 3 aromatic rings. The van der Waals surface area contributed by atoms with Crippen LogP contribution in [0.1, 0.15) is 23.2 Å². The molecule has 1 atom stereocenters. The molecule has 1 saturated heterocycles. The molecule has 180 valence electrons. The Kier molecular flexibility index (Phi) is 5.62. The van der Waals surface area contributed by atoms with Crippen LogP contribution in [0.15, 0.2) is 42.5 Å². The van der Waals surface area contributed by atoms with Crippen molar-refractivity contribution in [1.82, 2.24) is 14.5 Å². The summed E-state index contributed by atoms with van der Waals surface area (Å²) < 4.78 is 12.6. The van der Waals surface area contributed by atoms with Gasteiger partial charge in [0.1, 0.15) is 18.4 Å². The number of anilines is 1. The molecule has 10 heteroatoms. The maximum atomic E-state index is 13.0. The first-order valence-corrected chi connectivity index (χ1v) is 12.3. The van der Waals surface area contributed by atoms with Crippen molar-refractivity contribution in [3.63, 3.8) is 0 Å². The summed E-state index contributed by atoms with van der Waals surface area (Å²) in [6, 6.07) is 13.2. The minimum Gasteiger partial charge on any atom is -0.454 e. The van der Waals surface area contributed by atoms with Gasteiger partial charge in [0.15, 0.2) is 11.5 Å². The average molecular weight is 493 g/mol. The van der Waals surface area contributed by atoms with Gasteiger partial charge in [0, 0.05) is 17.4 Å². The fraction of sp³-hybridized carbons (Fsp3) is 0.360. The Morgan fingerprint density at radius 3 is 2.80 bits per heavy atom. The summed E-state index contributed by atoms with van der Waals surface area (Å²) in [4.78, 5) is 33.6. The molecule has 35 heavy (non-hydrogen) atoms. The third kappa shape index (κ3) is 4.12. The summed E-state index contributed by atoms with van der Waals surface area (Å²) in [5, 5.41) is 4.14. The zero-order valence-electron chi connectivity index (χ0n) is 19.2. The lowest BCUT2D eigenvalue weighted by atomic mass is 10.1. The van der Waals surface area contributed by atoms with E-state index in [-0.39, 0.29) is 23.4 Å². The van der Waals surface area contributed by atoms with E-state index in [1.54, 1.807) is 0 Å². The number of quaternary nitrogens is 1. The molecule has 6 rings (SSSR count). The van der Waals surface area contributed by atoms with Crippen molar-refractivity contribution < 1.29 is 24.0 Å². The summed E-state index contributed by atoms with van der Waals surface area (Å²) in [6.07, 6.45) is 0.736. The van der Waals surface area contributed by atoms with Crippen molar-refractivity contribution in [3.05, 3.63) is 52.8 Å². The Morgan fingerprint density at radius 2 is 1.94 bits per heavy atom. The molecule has 0 bridgehead atoms. The van der Waals surface area contributed by atoms with Crippen molar-refractivity contribution in [2.45, 2.75) is 25.4 Å². The van der Waals surface area contributed by atoms with E-state index in [9.17, 15) is 9.59 Å². The van der Waals surface area contributed by atoms with E-state index in [0.29, 0.717) is 31.7 Å². The van der Waals surface area contributed by atoms with Crippen molar-refractivity contribution in [3.8, 4) is 11.5 Å². The van der Waals surface area contributed by atoms with E-state index < -0.39 is 6.04 Å². The first-order chi connectivity index (χ1) is 17.1. The number of rotatable bonds is 5. The molecule has 1 fully saturated rings. The van der Waals surface area contributed by atoms with Gasteiger partial charge in [-0.25, -0.2) is 9.55 Å². The molecule has 0 radical (unpaired) electrons. The van der Waals surface area contributed by atoms with Crippen LogP contribution in [-0.4, -0.2) is 65.3 Å². The van der Waals surface area contributed by atoms with Gasteiger partial charge in [-0.1, -0.05) is 12.1 Å². The number of nitrogens with zero attached hydrogens (tertiary/aromatic N) is 3. The van der Waals surface area contributed by atoms with Crippen molar-refractivity contribution >= 4 is 40.8 Å². The molecular weight excluding hydrogens is 466 g/mol. The number of hydrogen-bond donors (Lipinski definition) is 2. The average Bonchev–Trinajstić information content (AvgIpc) is 3.47. The molecular formula is C25H26N5O4S+. The van der Waals surface area contributed by atoms with Crippen LogP contribution in [-0.2, 0) is 11.3 Å². The fourth-order valence-electron chi connectivity index (χ4n) is 5.08. The highest BCUT2D eigenvalue weighted by atomic mass is 32.1. The van der Waals surface area contributed by atoms with Gasteiger partial charge in [-0.2, -0.15) is 0 Å². The van der Waals surface area contributed by atoms with E-state index in [1.807, 2.05) is 41.3 Å². The molecule has 0 aliphatic carbocycles. The number of ether oxygens (including phenoxy) is 2. The van der Waals surface area contributed by atoms with Crippen LogP contribution < -0.4 is 19.7 Å². The van der Waals surface area contributed by atoms with Gasteiger partial charge in [-0.15, -0.1) is 0 Å². The lowest BCUT2D eigenvalue weighted by Crippen LogP contribution is -3.13. The highest BCUT2D eigenvalue weighted by molar-refractivity contribution is 7.71. The number of para-hydroxylation sites is 1. The number of piperazine rings is 1. The lowest BCUT2D eigenvalue weighted by molar-refractivity contribution is -0.917. The van der Waals surface area contributed by atoms with Gasteiger partial charge in [-0.3, -0.25) is 9.59 Å². The number of carbonyl (C=O) groups is 2. The lowest BCUT2D eigenvalue weighted by Gasteiger charge is -2.32. The second kappa shape index (κ2) is 8.94. The smallest absolute Gasteiger partial charge is 0.257 e. The summed E-state index contributed by atoms with van der Waals surface area (Å²) in [5.41, 5.74) is 1.96. The minimum absolute atomic E-state index is 0.0873. The van der Waals surface area contributed by atoms with Gasteiger partial charge in [-0.05, 0) is 49.0 Å². The number of hydrogen-bond acceptors (Lipinski definition) is 7. The molecule has 1 aromatic heterocycles. The maximum Gasteiger partial charge on any atom is 0.257 e. The van der Waals surface area contributed by atoms with Gasteiger partial charge >= 0.3 is 0 Å². The third-order valence-electron chi connectivity index (χ3n) is 6.98. The Balaban J connectivity index is 1.03. The van der Waals surface area contributed by atoms with E-state index in [2.05, 4.69) is 16.4 Å². The molecule has 0 saturated carbocycles. The quantitative estimate of drug-likeness (QED) is 0.524. The number of aromatic nitrogens is 2. The number of nitrogens with one attached hydrogen (secondary N) is 2. The molecule has 3 aliphatic heterocycles. The highest BCUT2D eigenvalue weighted by Crippen LogP contribution is 2.32. The van der Waals surface area contributed by atoms with Crippen LogP contribution in [0.3, 0.4) is 0 Å². The second-order valence-corrected chi connectivity index (χ2v) is 9.53. The SMILES string of the molecule is O=C(CCC1Nc2c3ccccc3nc(=S)n2C1=O)N1CC[NH+](Cc2ccc3c(c2)OCO3)CC1. The Bertz CT molecular complexity index is 1380. The zero-order chi connectivity index (χ0) is 23.9. The van der Waals surface area contributed by atoms with Crippen LogP contribution in [0.25, 0.3) is 10.9 Å². The first-order valence-electron chi connectivity index (χ1n) is 11.9. The van der Waals surface area contributed by atoms with Gasteiger partial charge < -0.3 is 24.6 Å². The van der Waals surface area contributed by atoms with Gasteiger partial charge in [0.05, 0.1) is 31.7 Å². The molecule has 3 aliphatic rings. The summed E-state index contributed by atoms with van der Waals surface area (Å²) in [7, 11) is 0. The Labute approximate surface area is 207 Å². The van der Waals surface area contributed by atoms with Gasteiger partial charge in [0.25, 0.3) is 5.91 Å². The van der Waals surface area contributed by atoms with Crippen LogP contribution in [0.5, 0.6) is 11.5 Å². The molecule has 2 aromatic carbocycles. The van der Waals surface area contributed by atoms with E-state index in [0.717, 1.165) is 42.0 Å². The molecule has 1 amide bonds. The number of amides is 1. The predicted octanol–water partition coefficient (Wildman–Crippen LogP) is 1.64. The molecule has 4 heterocycles.